The van der Waals surface area contributed by atoms with E-state index in [1.807, 2.05) is 57.3 Å². The first-order valence-corrected chi connectivity index (χ1v) is 15.1. The number of benzene rings is 2. The molecule has 3 aliphatic rings. The maximum Gasteiger partial charge on any atom is 0.254 e. The Kier molecular flexibility index (Phi) is 5.07. The number of hydrogen-bond donors (Lipinski definition) is 1. The number of amides is 1. The highest BCUT2D eigenvalue weighted by Crippen LogP contribution is 2.48. The first kappa shape index (κ1) is 22.8. The molecule has 2 aromatic carbocycles. The fraction of sp³-hybridized carbons (Fsp3) is 0.364. The molecule has 2 aromatic heterocycles. The highest BCUT2D eigenvalue weighted by Gasteiger charge is 2.45. The molecule has 1 fully saturated rings. The van der Waals surface area contributed by atoms with Gasteiger partial charge < -0.3 is 9.47 Å². The fourth-order valence-corrected chi connectivity index (χ4v) is 7.34. The molecular weight excluding hydrogens is 530 g/mol. The molecule has 1 amide bonds. The molecule has 3 atom stereocenters. The van der Waals surface area contributed by atoms with E-state index in [2.05, 4.69) is 15.2 Å². The third-order valence-electron chi connectivity index (χ3n) is 8.77. The predicted octanol–water partition coefficient (Wildman–Crippen LogP) is 5.63. The van der Waals surface area contributed by atoms with Crippen LogP contribution < -0.4 is 4.72 Å². The van der Waals surface area contributed by atoms with Gasteiger partial charge in [0.25, 0.3) is 5.91 Å². The standard InChI is InChI=1S/C33H33N5O2S/c1-6-20-9-7-10-23-29(20)26-18-27(37(5)31(23)39)30-35-24-13-11-21(17-25(24)38(26)30)22-12-14-28(34-19-22)33(15-8-16-33)36-41(40)32(2,3)4/h1,7,9-14,17,19,26-27,36H,8,15-16,18H2,2-5H3/t26-,27-,41?/m1/s1/i5D3. The molecule has 0 saturated heterocycles. The van der Waals surface area contributed by atoms with Gasteiger partial charge in [0.2, 0.25) is 0 Å². The molecule has 208 valence electrons. The molecule has 1 aliphatic carbocycles. The number of nitrogens with one attached hydrogen (secondary N) is 1. The molecule has 2 bridgehead atoms. The van der Waals surface area contributed by atoms with Crippen LogP contribution in [0.4, 0.5) is 0 Å². The zero-order valence-corrected chi connectivity index (χ0v) is 24.1. The van der Waals surface area contributed by atoms with Gasteiger partial charge in [0.05, 0.1) is 50.1 Å². The van der Waals surface area contributed by atoms with Crippen LogP contribution in [0.5, 0.6) is 0 Å². The van der Waals surface area contributed by atoms with Crippen LogP contribution in [0.1, 0.15) is 95.7 Å². The van der Waals surface area contributed by atoms with Crippen molar-refractivity contribution in [2.24, 2.45) is 0 Å². The second kappa shape index (κ2) is 9.10. The average Bonchev–Trinajstić information content (AvgIpc) is 3.46. The van der Waals surface area contributed by atoms with Crippen LogP contribution in [0.2, 0.25) is 0 Å². The van der Waals surface area contributed by atoms with Gasteiger partial charge in [0, 0.05) is 46.0 Å². The largest absolute Gasteiger partial charge is 0.331 e. The summed E-state index contributed by atoms with van der Waals surface area (Å²) in [5, 5.41) is 0. The Morgan fingerprint density at radius 3 is 2.61 bits per heavy atom. The van der Waals surface area contributed by atoms with Gasteiger partial charge >= 0.3 is 0 Å². The first-order valence-electron chi connectivity index (χ1n) is 15.4. The van der Waals surface area contributed by atoms with Crippen molar-refractivity contribution in [3.63, 3.8) is 0 Å². The topological polar surface area (TPSA) is 80.1 Å². The zero-order valence-electron chi connectivity index (χ0n) is 26.3. The number of imidazole rings is 1. The number of fused-ring (bicyclic) bond motifs is 9. The van der Waals surface area contributed by atoms with Crippen LogP contribution >= 0.6 is 0 Å². The number of nitrogens with zero attached hydrogens (tertiary/aromatic N) is 4. The quantitative estimate of drug-likeness (QED) is 0.325. The highest BCUT2D eigenvalue weighted by atomic mass is 32.2. The monoisotopic (exact) mass is 566 g/mol. The van der Waals surface area contributed by atoms with E-state index in [-0.39, 0.29) is 10.8 Å². The minimum absolute atomic E-state index is 0.318. The van der Waals surface area contributed by atoms with E-state index in [9.17, 15) is 9.00 Å². The Morgan fingerprint density at radius 1 is 1.15 bits per heavy atom. The van der Waals surface area contributed by atoms with E-state index < -0.39 is 35.4 Å². The lowest BCUT2D eigenvalue weighted by molar-refractivity contribution is 0.0734. The van der Waals surface area contributed by atoms with Crippen LogP contribution in [-0.4, -0.2) is 41.3 Å². The molecule has 7 rings (SSSR count). The SMILES string of the molecule is [2H]C([2H])([2H])N1C(=O)c2cccc(C#C)c2[C@H]2C[C@@H]1c1nc3ccc(-c4ccc(C5(NS(=O)C(C)(C)C)CCC5)nc4)cc3n12. The molecule has 2 aliphatic heterocycles. The molecule has 4 heterocycles. The smallest absolute Gasteiger partial charge is 0.254 e. The number of pyridine rings is 1. The van der Waals surface area contributed by atoms with Crippen molar-refractivity contribution < 1.29 is 13.1 Å². The van der Waals surface area contributed by atoms with E-state index in [4.69, 9.17) is 20.5 Å². The van der Waals surface area contributed by atoms with Crippen molar-refractivity contribution in [1.29, 1.82) is 0 Å². The molecule has 0 radical (unpaired) electrons. The van der Waals surface area contributed by atoms with Gasteiger partial charge in [-0.05, 0) is 75.9 Å². The van der Waals surface area contributed by atoms with Gasteiger partial charge in [-0.1, -0.05) is 24.1 Å². The molecule has 7 nitrogen and oxygen atoms in total. The molecule has 1 N–H and O–H groups in total. The second-order valence-electron chi connectivity index (χ2n) is 12.2. The Morgan fingerprint density at radius 2 is 1.95 bits per heavy atom. The van der Waals surface area contributed by atoms with Crippen LogP contribution in [0.15, 0.2) is 54.7 Å². The third kappa shape index (κ3) is 3.90. The normalized spacial score (nSPS) is 22.9. The fourth-order valence-electron chi connectivity index (χ4n) is 6.37. The maximum atomic E-state index is 13.7. The summed E-state index contributed by atoms with van der Waals surface area (Å²) in [6.07, 6.45) is 10.9. The first-order chi connectivity index (χ1) is 20.8. The number of hydrogen-bond acceptors (Lipinski definition) is 4. The van der Waals surface area contributed by atoms with Crippen molar-refractivity contribution in [3.8, 4) is 23.5 Å². The number of carbonyl (C=O) groups is 1. The van der Waals surface area contributed by atoms with Crippen molar-refractivity contribution in [3.05, 3.63) is 82.9 Å². The molecule has 0 spiro atoms. The van der Waals surface area contributed by atoms with Gasteiger partial charge in [0.1, 0.15) is 5.82 Å². The van der Waals surface area contributed by atoms with Crippen molar-refractivity contribution >= 4 is 27.9 Å². The minimum Gasteiger partial charge on any atom is -0.331 e. The minimum atomic E-state index is -2.65. The number of terminal acetylenes is 1. The second-order valence-corrected chi connectivity index (χ2v) is 14.2. The molecule has 1 unspecified atom stereocenters. The lowest BCUT2D eigenvalue weighted by Gasteiger charge is -2.43. The Bertz CT molecular complexity index is 1900. The molecular formula is C33H33N5O2S. The molecule has 41 heavy (non-hydrogen) atoms. The van der Waals surface area contributed by atoms with Crippen LogP contribution in [0, 0.1) is 12.3 Å². The lowest BCUT2D eigenvalue weighted by atomic mass is 9.75. The van der Waals surface area contributed by atoms with Gasteiger partial charge in [-0.2, -0.15) is 0 Å². The van der Waals surface area contributed by atoms with E-state index in [1.165, 1.54) is 0 Å². The summed E-state index contributed by atoms with van der Waals surface area (Å²) in [7, 11) is -1.21. The predicted molar refractivity (Wildman–Crippen MR) is 161 cm³/mol. The van der Waals surface area contributed by atoms with E-state index >= 15 is 0 Å². The maximum absolute atomic E-state index is 13.7. The molecule has 8 heteroatoms. The van der Waals surface area contributed by atoms with Crippen LogP contribution in [-0.2, 0) is 16.5 Å². The summed E-state index contributed by atoms with van der Waals surface area (Å²) in [6.45, 7) is 3.23. The van der Waals surface area contributed by atoms with E-state index in [0.29, 0.717) is 34.5 Å². The average molecular weight is 567 g/mol. The molecule has 4 aromatic rings. The van der Waals surface area contributed by atoms with Gasteiger partial charge in [-0.15, -0.1) is 6.42 Å². The summed E-state index contributed by atoms with van der Waals surface area (Å²) in [5.41, 5.74) is 5.45. The van der Waals surface area contributed by atoms with E-state index in [1.54, 1.807) is 18.2 Å². The van der Waals surface area contributed by atoms with Crippen molar-refractivity contribution in [2.75, 3.05) is 6.98 Å². The third-order valence-corrected chi connectivity index (χ3v) is 10.5. The zero-order chi connectivity index (χ0) is 31.2. The summed E-state index contributed by atoms with van der Waals surface area (Å²) >= 11 is 0. The summed E-state index contributed by atoms with van der Waals surface area (Å²) < 4.78 is 42.7. The van der Waals surface area contributed by atoms with E-state index in [0.717, 1.165) is 46.5 Å². The number of carbonyl (C=O) groups excluding carboxylic acids is 1. The Balaban J connectivity index is 1.31. The Hall–Kier alpha value is -3.80. The molecule has 1 saturated carbocycles. The summed E-state index contributed by atoms with van der Waals surface area (Å²) in [4.78, 5) is 24.4. The Labute approximate surface area is 247 Å². The van der Waals surface area contributed by atoms with Crippen LogP contribution in [0.3, 0.4) is 0 Å². The summed E-state index contributed by atoms with van der Waals surface area (Å²) in [5.74, 6) is 2.71. The van der Waals surface area contributed by atoms with Gasteiger partial charge in [-0.3, -0.25) is 9.78 Å². The number of aromatic nitrogens is 3. The van der Waals surface area contributed by atoms with Crippen molar-refractivity contribution in [2.45, 2.75) is 68.8 Å². The van der Waals surface area contributed by atoms with Crippen molar-refractivity contribution in [1.82, 2.24) is 24.2 Å². The number of rotatable bonds is 4. The van der Waals surface area contributed by atoms with Crippen LogP contribution in [0.25, 0.3) is 22.2 Å². The van der Waals surface area contributed by atoms with Gasteiger partial charge in [0.15, 0.2) is 0 Å². The van der Waals surface area contributed by atoms with Gasteiger partial charge in [-0.25, -0.2) is 13.9 Å². The summed E-state index contributed by atoms with van der Waals surface area (Å²) in [6, 6.07) is 14.1. The lowest BCUT2D eigenvalue weighted by Crippen LogP contribution is -2.52. The highest BCUT2D eigenvalue weighted by molar-refractivity contribution is 7.84.